The van der Waals surface area contributed by atoms with Gasteiger partial charge >= 0.3 is 0 Å². The first-order chi connectivity index (χ1) is 12.9. The van der Waals surface area contributed by atoms with Gasteiger partial charge in [-0.2, -0.15) is 0 Å². The van der Waals surface area contributed by atoms with Gasteiger partial charge in [0.2, 0.25) is 11.8 Å². The van der Waals surface area contributed by atoms with Crippen molar-refractivity contribution in [3.05, 3.63) is 64.7 Å². The zero-order chi connectivity index (χ0) is 19.4. The first-order valence-corrected chi connectivity index (χ1v) is 9.26. The molecular formula is C21H21ClN2O3. The lowest BCUT2D eigenvalue weighted by Gasteiger charge is -2.07. The van der Waals surface area contributed by atoms with Crippen molar-refractivity contribution in [1.29, 1.82) is 0 Å². The molecular weight excluding hydrogens is 364 g/mol. The lowest BCUT2D eigenvalue weighted by molar-refractivity contribution is -0.125. The molecule has 1 aliphatic carbocycles. The normalized spacial score (nSPS) is 17.9. The Kier molecular flexibility index (Phi) is 5.91. The number of hydrogen-bond acceptors (Lipinski definition) is 3. The van der Waals surface area contributed by atoms with Crippen LogP contribution in [0.5, 0.6) is 0 Å². The number of rotatable bonds is 7. The number of Topliss-reactive ketones (excluding diaryl/α,β-unsaturated/α-hetero) is 1. The van der Waals surface area contributed by atoms with E-state index in [1.165, 1.54) is 6.92 Å². The third kappa shape index (κ3) is 5.17. The molecule has 2 aromatic carbocycles. The van der Waals surface area contributed by atoms with E-state index in [4.69, 9.17) is 11.6 Å². The largest absolute Gasteiger partial charge is 0.356 e. The molecule has 2 N–H and O–H groups in total. The zero-order valence-electron chi connectivity index (χ0n) is 15.0. The Labute approximate surface area is 163 Å². The van der Waals surface area contributed by atoms with E-state index in [1.807, 2.05) is 24.3 Å². The minimum atomic E-state index is -0.322. The molecule has 140 valence electrons. The third-order valence-corrected chi connectivity index (χ3v) is 4.84. The molecule has 5 nitrogen and oxygen atoms in total. The summed E-state index contributed by atoms with van der Waals surface area (Å²) in [5, 5.41) is 6.34. The molecule has 0 bridgehead atoms. The predicted molar refractivity (Wildman–Crippen MR) is 105 cm³/mol. The lowest BCUT2D eigenvalue weighted by Crippen LogP contribution is -2.29. The highest BCUT2D eigenvalue weighted by Crippen LogP contribution is 2.39. The predicted octanol–water partition coefficient (Wildman–Crippen LogP) is 3.48. The van der Waals surface area contributed by atoms with Crippen LogP contribution in [0.2, 0.25) is 5.02 Å². The Balaban J connectivity index is 1.45. The van der Waals surface area contributed by atoms with Crippen molar-refractivity contribution in [1.82, 2.24) is 5.32 Å². The summed E-state index contributed by atoms with van der Waals surface area (Å²) in [5.41, 5.74) is 2.16. The Morgan fingerprint density at radius 3 is 2.52 bits per heavy atom. The molecule has 2 amide bonds. The smallest absolute Gasteiger partial charge is 0.228 e. The fourth-order valence-corrected chi connectivity index (χ4v) is 3.19. The highest BCUT2D eigenvalue weighted by molar-refractivity contribution is 6.30. The second-order valence-corrected chi connectivity index (χ2v) is 7.18. The van der Waals surface area contributed by atoms with Gasteiger partial charge in [-0.15, -0.1) is 0 Å². The molecule has 3 rings (SSSR count). The highest BCUT2D eigenvalue weighted by Gasteiger charge is 2.47. The van der Waals surface area contributed by atoms with E-state index in [1.54, 1.807) is 24.3 Å². The minimum absolute atomic E-state index is 0.0607. The number of ketones is 1. The summed E-state index contributed by atoms with van der Waals surface area (Å²) in [6, 6.07) is 14.3. The Morgan fingerprint density at radius 2 is 1.78 bits per heavy atom. The summed E-state index contributed by atoms with van der Waals surface area (Å²) in [4.78, 5) is 35.9. The van der Waals surface area contributed by atoms with Crippen LogP contribution < -0.4 is 10.6 Å². The SMILES string of the molecule is CC(=O)c1cccc(NC(=O)C2CC2C(=O)NCCc2cccc(Cl)c2)c1. The van der Waals surface area contributed by atoms with Crippen molar-refractivity contribution in [2.45, 2.75) is 19.8 Å². The summed E-state index contributed by atoms with van der Waals surface area (Å²) >= 11 is 5.94. The van der Waals surface area contributed by atoms with E-state index in [2.05, 4.69) is 10.6 Å². The molecule has 1 fully saturated rings. The van der Waals surface area contributed by atoms with E-state index in [-0.39, 0.29) is 29.4 Å². The molecule has 0 spiro atoms. The van der Waals surface area contributed by atoms with Crippen LogP contribution in [0.3, 0.4) is 0 Å². The van der Waals surface area contributed by atoms with Gasteiger partial charge in [0.05, 0.1) is 11.8 Å². The lowest BCUT2D eigenvalue weighted by atomic mass is 10.1. The van der Waals surface area contributed by atoms with Crippen LogP contribution in [-0.4, -0.2) is 24.1 Å². The number of carbonyl (C=O) groups is 3. The maximum absolute atomic E-state index is 12.3. The maximum atomic E-state index is 12.3. The summed E-state index contributed by atoms with van der Waals surface area (Å²) in [6.45, 7) is 1.98. The standard InChI is InChI=1S/C21H21ClN2O3/c1-13(25)15-5-3-7-17(11-15)24-21(27)19-12-18(19)20(26)23-9-8-14-4-2-6-16(22)10-14/h2-7,10-11,18-19H,8-9,12H2,1H3,(H,23,26)(H,24,27). The molecule has 0 aliphatic heterocycles. The first-order valence-electron chi connectivity index (χ1n) is 8.88. The van der Waals surface area contributed by atoms with E-state index in [0.29, 0.717) is 35.7 Å². The van der Waals surface area contributed by atoms with Crippen molar-refractivity contribution >= 4 is 34.9 Å². The van der Waals surface area contributed by atoms with E-state index in [0.717, 1.165) is 5.56 Å². The average Bonchev–Trinajstić information content (AvgIpc) is 3.43. The number of amides is 2. The Hall–Kier alpha value is -2.66. The topological polar surface area (TPSA) is 75.3 Å². The van der Waals surface area contributed by atoms with E-state index >= 15 is 0 Å². The minimum Gasteiger partial charge on any atom is -0.356 e. The monoisotopic (exact) mass is 384 g/mol. The van der Waals surface area contributed by atoms with Crippen molar-refractivity contribution < 1.29 is 14.4 Å². The van der Waals surface area contributed by atoms with Crippen LogP contribution in [0.25, 0.3) is 0 Å². The number of carbonyl (C=O) groups excluding carboxylic acids is 3. The van der Waals surface area contributed by atoms with Crippen molar-refractivity contribution in [2.75, 3.05) is 11.9 Å². The summed E-state index contributed by atoms with van der Waals surface area (Å²) in [6.07, 6.45) is 1.23. The van der Waals surface area contributed by atoms with Gasteiger partial charge in [-0.25, -0.2) is 0 Å². The molecule has 0 radical (unpaired) electrons. The van der Waals surface area contributed by atoms with Crippen molar-refractivity contribution in [2.24, 2.45) is 11.8 Å². The van der Waals surface area contributed by atoms with Crippen LogP contribution in [0.4, 0.5) is 5.69 Å². The van der Waals surface area contributed by atoms with Gasteiger partial charge in [-0.1, -0.05) is 35.9 Å². The molecule has 2 atom stereocenters. The van der Waals surface area contributed by atoms with Gasteiger partial charge in [0.25, 0.3) is 0 Å². The fraction of sp³-hybridized carbons (Fsp3) is 0.286. The molecule has 2 aromatic rings. The van der Waals surface area contributed by atoms with E-state index < -0.39 is 0 Å². The maximum Gasteiger partial charge on any atom is 0.228 e. The molecule has 6 heteroatoms. The molecule has 1 saturated carbocycles. The summed E-state index contributed by atoms with van der Waals surface area (Å²) in [7, 11) is 0. The van der Waals surface area contributed by atoms with Gasteiger partial charge in [0, 0.05) is 22.8 Å². The fourth-order valence-electron chi connectivity index (χ4n) is 2.98. The molecule has 2 unspecified atom stereocenters. The second kappa shape index (κ2) is 8.35. The highest BCUT2D eigenvalue weighted by atomic mass is 35.5. The summed E-state index contributed by atoms with van der Waals surface area (Å²) < 4.78 is 0. The van der Waals surface area contributed by atoms with Gasteiger partial charge in [0.1, 0.15) is 0 Å². The number of anilines is 1. The van der Waals surface area contributed by atoms with Crippen LogP contribution >= 0.6 is 11.6 Å². The number of benzene rings is 2. The molecule has 0 heterocycles. The Bertz CT molecular complexity index is 881. The van der Waals surface area contributed by atoms with Crippen molar-refractivity contribution in [3.63, 3.8) is 0 Å². The van der Waals surface area contributed by atoms with Crippen molar-refractivity contribution in [3.8, 4) is 0 Å². The van der Waals surface area contributed by atoms with Crippen LogP contribution in [0.15, 0.2) is 48.5 Å². The van der Waals surface area contributed by atoms with Gasteiger partial charge in [-0.05, 0) is 49.6 Å². The number of hydrogen-bond donors (Lipinski definition) is 2. The average molecular weight is 385 g/mol. The van der Waals surface area contributed by atoms with Crippen LogP contribution in [-0.2, 0) is 16.0 Å². The molecule has 0 aromatic heterocycles. The van der Waals surface area contributed by atoms with E-state index in [9.17, 15) is 14.4 Å². The number of nitrogens with one attached hydrogen (secondary N) is 2. The molecule has 27 heavy (non-hydrogen) atoms. The molecule has 0 saturated heterocycles. The number of halogens is 1. The van der Waals surface area contributed by atoms with Gasteiger partial charge < -0.3 is 10.6 Å². The van der Waals surface area contributed by atoms with Gasteiger partial charge in [0.15, 0.2) is 5.78 Å². The third-order valence-electron chi connectivity index (χ3n) is 4.60. The Morgan fingerprint density at radius 1 is 1.04 bits per heavy atom. The van der Waals surface area contributed by atoms with Gasteiger partial charge in [-0.3, -0.25) is 14.4 Å². The van der Waals surface area contributed by atoms with Crippen LogP contribution in [0.1, 0.15) is 29.3 Å². The zero-order valence-corrected chi connectivity index (χ0v) is 15.8. The van der Waals surface area contributed by atoms with Crippen LogP contribution in [0, 0.1) is 11.8 Å². The summed E-state index contributed by atoms with van der Waals surface area (Å²) in [5.74, 6) is -0.965. The molecule has 1 aliphatic rings. The first kappa shape index (κ1) is 19.1. The second-order valence-electron chi connectivity index (χ2n) is 6.75. The quantitative estimate of drug-likeness (QED) is 0.717.